The molecule has 0 aliphatic heterocycles. The van der Waals surface area contributed by atoms with Gasteiger partial charge in [0.1, 0.15) is 11.3 Å². The van der Waals surface area contributed by atoms with Crippen LogP contribution < -0.4 is 0 Å². The standard InChI is InChI=1S/C17H21NO4/c1-3-18(13-8-4-5-9-13)15(19)11-22-17(21)14-10-6-7-12(2)16(14)20/h6-8,10,20H,3-5,9,11H2,1-2H3. The van der Waals surface area contributed by atoms with Crippen molar-refractivity contribution < 1.29 is 19.4 Å². The third-order valence-corrected chi connectivity index (χ3v) is 3.77. The van der Waals surface area contributed by atoms with Crippen LogP contribution in [0.4, 0.5) is 0 Å². The number of nitrogens with zero attached hydrogens (tertiary/aromatic N) is 1. The van der Waals surface area contributed by atoms with Gasteiger partial charge in [0.15, 0.2) is 6.61 Å². The molecule has 118 valence electrons. The Bertz CT molecular complexity index is 607. The van der Waals surface area contributed by atoms with E-state index in [1.165, 1.54) is 6.07 Å². The van der Waals surface area contributed by atoms with E-state index in [1.54, 1.807) is 24.0 Å². The predicted octanol–water partition coefficient (Wildman–Crippen LogP) is 2.77. The van der Waals surface area contributed by atoms with Gasteiger partial charge in [0.2, 0.25) is 0 Å². The molecule has 0 saturated carbocycles. The number of para-hydroxylation sites is 1. The first-order valence-corrected chi connectivity index (χ1v) is 7.49. The number of benzene rings is 1. The molecule has 5 heteroatoms. The molecule has 1 N–H and O–H groups in total. The predicted molar refractivity (Wildman–Crippen MR) is 82.4 cm³/mol. The first-order valence-electron chi connectivity index (χ1n) is 7.49. The van der Waals surface area contributed by atoms with Gasteiger partial charge < -0.3 is 14.7 Å². The summed E-state index contributed by atoms with van der Waals surface area (Å²) in [5, 5.41) is 9.86. The maximum Gasteiger partial charge on any atom is 0.342 e. The zero-order chi connectivity index (χ0) is 16.1. The maximum absolute atomic E-state index is 12.2. The Labute approximate surface area is 130 Å². The Morgan fingerprint density at radius 1 is 1.36 bits per heavy atom. The summed E-state index contributed by atoms with van der Waals surface area (Å²) >= 11 is 0. The molecule has 5 nitrogen and oxygen atoms in total. The molecule has 22 heavy (non-hydrogen) atoms. The highest BCUT2D eigenvalue weighted by molar-refractivity contribution is 5.94. The minimum atomic E-state index is -0.689. The summed E-state index contributed by atoms with van der Waals surface area (Å²) < 4.78 is 5.05. The summed E-state index contributed by atoms with van der Waals surface area (Å²) in [4.78, 5) is 25.8. The fourth-order valence-corrected chi connectivity index (χ4v) is 2.55. The summed E-state index contributed by atoms with van der Waals surface area (Å²) in [7, 11) is 0. The van der Waals surface area contributed by atoms with Crippen molar-refractivity contribution in [3.8, 4) is 5.75 Å². The molecule has 0 bridgehead atoms. The first kappa shape index (κ1) is 16.1. The average molecular weight is 303 g/mol. The number of carbonyl (C=O) groups is 2. The lowest BCUT2D eigenvalue weighted by molar-refractivity contribution is -0.132. The number of allylic oxidation sites excluding steroid dienone is 2. The molecule has 1 aromatic carbocycles. The lowest BCUT2D eigenvalue weighted by atomic mass is 10.1. The number of hydrogen-bond acceptors (Lipinski definition) is 4. The Morgan fingerprint density at radius 2 is 2.14 bits per heavy atom. The van der Waals surface area contributed by atoms with Crippen LogP contribution in [0.2, 0.25) is 0 Å². The number of phenolic OH excluding ortho intramolecular Hbond substituents is 1. The van der Waals surface area contributed by atoms with Crippen LogP contribution in [-0.2, 0) is 9.53 Å². The lowest BCUT2D eigenvalue weighted by Crippen LogP contribution is -2.33. The van der Waals surface area contributed by atoms with E-state index < -0.39 is 5.97 Å². The van der Waals surface area contributed by atoms with Gasteiger partial charge >= 0.3 is 5.97 Å². The summed E-state index contributed by atoms with van der Waals surface area (Å²) in [6, 6.07) is 4.84. The summed E-state index contributed by atoms with van der Waals surface area (Å²) in [6.45, 7) is 3.82. The molecule has 1 amide bonds. The van der Waals surface area contributed by atoms with Crippen molar-refractivity contribution in [2.45, 2.75) is 33.1 Å². The minimum absolute atomic E-state index is 0.0796. The van der Waals surface area contributed by atoms with Crippen LogP contribution >= 0.6 is 0 Å². The number of carbonyl (C=O) groups excluding carboxylic acids is 2. The van der Waals surface area contributed by atoms with Gasteiger partial charge in [-0.3, -0.25) is 4.79 Å². The third kappa shape index (κ3) is 3.47. The molecule has 1 aromatic rings. The first-order chi connectivity index (χ1) is 10.5. The van der Waals surface area contributed by atoms with Crippen molar-refractivity contribution in [1.82, 2.24) is 4.90 Å². The normalized spacial score (nSPS) is 13.6. The van der Waals surface area contributed by atoms with E-state index in [2.05, 4.69) is 6.08 Å². The van der Waals surface area contributed by atoms with Crippen LogP contribution in [0.15, 0.2) is 30.0 Å². The molecular formula is C17H21NO4. The highest BCUT2D eigenvalue weighted by Gasteiger charge is 2.21. The van der Waals surface area contributed by atoms with Gasteiger partial charge in [0.05, 0.1) is 0 Å². The van der Waals surface area contributed by atoms with E-state index in [-0.39, 0.29) is 23.8 Å². The number of rotatable bonds is 5. The number of likely N-dealkylation sites (N-methyl/N-ethyl adjacent to an activating group) is 1. The fraction of sp³-hybridized carbons (Fsp3) is 0.412. The van der Waals surface area contributed by atoms with Gasteiger partial charge in [-0.1, -0.05) is 18.2 Å². The third-order valence-electron chi connectivity index (χ3n) is 3.77. The average Bonchev–Trinajstić information content (AvgIpc) is 3.02. The molecule has 0 unspecified atom stereocenters. The molecular weight excluding hydrogens is 282 g/mol. The van der Waals surface area contributed by atoms with Gasteiger partial charge in [0.25, 0.3) is 5.91 Å². The zero-order valence-corrected chi connectivity index (χ0v) is 13.0. The van der Waals surface area contributed by atoms with E-state index in [9.17, 15) is 14.7 Å². The Hall–Kier alpha value is -2.30. The van der Waals surface area contributed by atoms with Crippen LogP contribution in [0, 0.1) is 6.92 Å². The topological polar surface area (TPSA) is 66.8 Å². The molecule has 0 fully saturated rings. The van der Waals surface area contributed by atoms with Gasteiger partial charge in [-0.05, 0) is 44.7 Å². The largest absolute Gasteiger partial charge is 0.507 e. The van der Waals surface area contributed by atoms with Crippen LogP contribution in [0.1, 0.15) is 42.1 Å². The molecule has 0 aromatic heterocycles. The monoisotopic (exact) mass is 303 g/mol. The Morgan fingerprint density at radius 3 is 2.77 bits per heavy atom. The van der Waals surface area contributed by atoms with Crippen LogP contribution in [-0.4, -0.2) is 35.0 Å². The number of amides is 1. The Kier molecular flexibility index (Phi) is 5.20. The smallest absolute Gasteiger partial charge is 0.342 e. The number of hydrogen-bond donors (Lipinski definition) is 1. The number of aromatic hydroxyl groups is 1. The van der Waals surface area contributed by atoms with Crippen molar-refractivity contribution in [1.29, 1.82) is 0 Å². The number of ether oxygens (including phenoxy) is 1. The Balaban J connectivity index is 1.98. The second kappa shape index (κ2) is 7.11. The molecule has 0 saturated heterocycles. The van der Waals surface area contributed by atoms with E-state index in [0.717, 1.165) is 25.0 Å². The quantitative estimate of drug-likeness (QED) is 0.849. The number of phenols is 1. The van der Waals surface area contributed by atoms with E-state index in [0.29, 0.717) is 12.1 Å². The van der Waals surface area contributed by atoms with Crippen molar-refractivity contribution in [2.24, 2.45) is 0 Å². The molecule has 2 rings (SSSR count). The van der Waals surface area contributed by atoms with Crippen molar-refractivity contribution >= 4 is 11.9 Å². The van der Waals surface area contributed by atoms with Gasteiger partial charge in [-0.25, -0.2) is 4.79 Å². The molecule has 1 aliphatic rings. The molecule has 0 atom stereocenters. The van der Waals surface area contributed by atoms with E-state index >= 15 is 0 Å². The summed E-state index contributed by atoms with van der Waals surface area (Å²) in [6.07, 6.45) is 4.97. The van der Waals surface area contributed by atoms with Crippen molar-refractivity contribution in [3.05, 3.63) is 41.1 Å². The SMILES string of the molecule is CCN(C(=O)COC(=O)c1cccc(C)c1O)C1=CCCC1. The highest BCUT2D eigenvalue weighted by atomic mass is 16.5. The number of aryl methyl sites for hydroxylation is 1. The van der Waals surface area contributed by atoms with Crippen LogP contribution in [0.25, 0.3) is 0 Å². The maximum atomic E-state index is 12.2. The van der Waals surface area contributed by atoms with Crippen LogP contribution in [0.5, 0.6) is 5.75 Å². The second-order valence-electron chi connectivity index (χ2n) is 5.27. The molecule has 0 spiro atoms. The van der Waals surface area contributed by atoms with Gasteiger partial charge in [-0.15, -0.1) is 0 Å². The number of esters is 1. The molecule has 0 heterocycles. The minimum Gasteiger partial charge on any atom is -0.507 e. The zero-order valence-electron chi connectivity index (χ0n) is 13.0. The van der Waals surface area contributed by atoms with Gasteiger partial charge in [-0.2, -0.15) is 0 Å². The lowest BCUT2D eigenvalue weighted by Gasteiger charge is -2.22. The van der Waals surface area contributed by atoms with Crippen molar-refractivity contribution in [2.75, 3.05) is 13.2 Å². The van der Waals surface area contributed by atoms with E-state index in [4.69, 9.17) is 4.74 Å². The second-order valence-corrected chi connectivity index (χ2v) is 5.27. The van der Waals surface area contributed by atoms with E-state index in [1.807, 2.05) is 6.92 Å². The fourth-order valence-electron chi connectivity index (χ4n) is 2.55. The highest BCUT2D eigenvalue weighted by Crippen LogP contribution is 2.23. The van der Waals surface area contributed by atoms with Crippen molar-refractivity contribution in [3.63, 3.8) is 0 Å². The summed E-state index contributed by atoms with van der Waals surface area (Å²) in [5.41, 5.74) is 1.67. The summed E-state index contributed by atoms with van der Waals surface area (Å²) in [5.74, 6) is -1.03. The van der Waals surface area contributed by atoms with Crippen LogP contribution in [0.3, 0.4) is 0 Å². The van der Waals surface area contributed by atoms with Gasteiger partial charge in [0, 0.05) is 12.2 Å². The molecule has 1 aliphatic carbocycles. The molecule has 0 radical (unpaired) electrons.